The van der Waals surface area contributed by atoms with Gasteiger partial charge in [-0.25, -0.2) is 9.98 Å². The van der Waals surface area contributed by atoms with Crippen LogP contribution in [0.4, 0.5) is 5.69 Å². The van der Waals surface area contributed by atoms with Crippen LogP contribution >= 0.6 is 0 Å². The molecule has 1 saturated carbocycles. The predicted molar refractivity (Wildman–Crippen MR) is 106 cm³/mol. The first-order valence-electron chi connectivity index (χ1n) is 8.90. The summed E-state index contributed by atoms with van der Waals surface area (Å²) in [6.45, 7) is 0. The molecule has 2 atom stereocenters. The number of nitrogens with one attached hydrogen (secondary N) is 2. The maximum atomic E-state index is 9.07. The molecule has 0 amide bonds. The molecule has 0 aliphatic heterocycles. The molecule has 28 heavy (non-hydrogen) atoms. The highest BCUT2D eigenvalue weighted by Gasteiger charge is 2.38. The summed E-state index contributed by atoms with van der Waals surface area (Å²) in [7, 11) is 1.59. The summed E-state index contributed by atoms with van der Waals surface area (Å²) in [5, 5.41) is 14.9. The quantitative estimate of drug-likeness (QED) is 0.306. The third kappa shape index (κ3) is 3.81. The van der Waals surface area contributed by atoms with E-state index in [9.17, 15) is 0 Å². The van der Waals surface area contributed by atoms with Crippen LogP contribution in [0.1, 0.15) is 17.9 Å². The van der Waals surface area contributed by atoms with Crippen molar-refractivity contribution in [3.05, 3.63) is 66.7 Å². The monoisotopic (exact) mass is 373 g/mol. The van der Waals surface area contributed by atoms with Crippen molar-refractivity contribution in [3.8, 4) is 23.3 Å². The molecule has 1 aromatic heterocycles. The second-order valence-corrected chi connectivity index (χ2v) is 6.44. The van der Waals surface area contributed by atoms with Gasteiger partial charge in [0.05, 0.1) is 24.9 Å². The minimum Gasteiger partial charge on any atom is -0.496 e. The van der Waals surface area contributed by atoms with E-state index < -0.39 is 0 Å². The lowest BCUT2D eigenvalue weighted by molar-refractivity contribution is 0.415. The summed E-state index contributed by atoms with van der Waals surface area (Å²) in [5.41, 5.74) is 2.81. The molecular formula is C21H19N5O2. The van der Waals surface area contributed by atoms with E-state index in [2.05, 4.69) is 32.7 Å². The fourth-order valence-electron chi connectivity index (χ4n) is 3.16. The Balaban J connectivity index is 1.52. The van der Waals surface area contributed by atoms with Crippen molar-refractivity contribution in [2.24, 2.45) is 4.99 Å². The SMILES string of the molecule is COc1cc(NC(=NC2CC2c2ccccc2)NC#N)ccc1-c1cnco1. The van der Waals surface area contributed by atoms with Crippen molar-refractivity contribution < 1.29 is 9.15 Å². The summed E-state index contributed by atoms with van der Waals surface area (Å²) in [4.78, 5) is 8.60. The van der Waals surface area contributed by atoms with Crippen LogP contribution in [0.2, 0.25) is 0 Å². The van der Waals surface area contributed by atoms with Crippen molar-refractivity contribution in [3.63, 3.8) is 0 Å². The molecule has 4 rings (SSSR count). The third-order valence-electron chi connectivity index (χ3n) is 4.62. The Morgan fingerprint density at radius 1 is 1.29 bits per heavy atom. The van der Waals surface area contributed by atoms with Crippen LogP contribution in [0.5, 0.6) is 5.75 Å². The predicted octanol–water partition coefficient (Wildman–Crippen LogP) is 3.74. The Kier molecular flexibility index (Phi) is 4.93. The maximum Gasteiger partial charge on any atom is 0.209 e. The van der Waals surface area contributed by atoms with Gasteiger partial charge in [0, 0.05) is 17.7 Å². The maximum absolute atomic E-state index is 9.07. The molecule has 0 bridgehead atoms. The minimum atomic E-state index is 0.154. The number of guanidine groups is 1. The fraction of sp³-hybridized carbons (Fsp3) is 0.190. The number of hydrogen-bond acceptors (Lipinski definition) is 5. The molecule has 2 unspecified atom stereocenters. The van der Waals surface area contributed by atoms with E-state index >= 15 is 0 Å². The van der Waals surface area contributed by atoms with Crippen LogP contribution in [-0.2, 0) is 0 Å². The van der Waals surface area contributed by atoms with E-state index in [1.54, 1.807) is 13.3 Å². The lowest BCUT2D eigenvalue weighted by Gasteiger charge is -2.12. The lowest BCUT2D eigenvalue weighted by Crippen LogP contribution is -2.27. The van der Waals surface area contributed by atoms with E-state index in [4.69, 9.17) is 14.4 Å². The number of nitriles is 1. The van der Waals surface area contributed by atoms with Gasteiger partial charge in [-0.1, -0.05) is 30.3 Å². The van der Waals surface area contributed by atoms with Gasteiger partial charge in [-0.15, -0.1) is 0 Å². The standard InChI is InChI=1S/C21H19N5O2/c1-27-19-9-15(7-8-16(19)20-11-23-13-28-20)25-21(24-12-22)26-18-10-17(18)14-5-3-2-4-6-14/h2-9,11,13,17-18H,10H2,1H3,(H2,24,25,26). The van der Waals surface area contributed by atoms with E-state index in [-0.39, 0.29) is 6.04 Å². The first kappa shape index (κ1) is 17.6. The number of rotatable bonds is 5. The zero-order valence-electron chi connectivity index (χ0n) is 15.3. The molecule has 7 heteroatoms. The van der Waals surface area contributed by atoms with E-state index in [1.807, 2.05) is 42.6 Å². The van der Waals surface area contributed by atoms with Crippen LogP contribution < -0.4 is 15.4 Å². The smallest absolute Gasteiger partial charge is 0.209 e. The van der Waals surface area contributed by atoms with Crippen molar-refractivity contribution >= 4 is 11.6 Å². The highest BCUT2D eigenvalue weighted by Crippen LogP contribution is 2.43. The number of anilines is 1. The van der Waals surface area contributed by atoms with Crippen LogP contribution in [0.3, 0.4) is 0 Å². The topological polar surface area (TPSA) is 95.5 Å². The van der Waals surface area contributed by atoms with E-state index in [0.29, 0.717) is 23.4 Å². The van der Waals surface area contributed by atoms with Crippen molar-refractivity contribution in [1.29, 1.82) is 5.26 Å². The van der Waals surface area contributed by atoms with Gasteiger partial charge in [-0.3, -0.25) is 5.32 Å². The zero-order chi connectivity index (χ0) is 19.3. The molecular weight excluding hydrogens is 354 g/mol. The van der Waals surface area contributed by atoms with E-state index in [1.165, 1.54) is 12.0 Å². The molecule has 1 aliphatic carbocycles. The van der Waals surface area contributed by atoms with Crippen LogP contribution in [0.25, 0.3) is 11.3 Å². The number of benzene rings is 2. The summed E-state index contributed by atoms with van der Waals surface area (Å²) >= 11 is 0. The number of ether oxygens (including phenoxy) is 1. The van der Waals surface area contributed by atoms with Gasteiger partial charge in [-0.2, -0.15) is 5.26 Å². The highest BCUT2D eigenvalue weighted by atomic mass is 16.5. The second kappa shape index (κ2) is 7.84. The van der Waals surface area contributed by atoms with Gasteiger partial charge in [0.25, 0.3) is 0 Å². The Hall–Kier alpha value is -3.79. The molecule has 3 aromatic rings. The summed E-state index contributed by atoms with van der Waals surface area (Å²) < 4.78 is 10.8. The molecule has 1 heterocycles. The molecule has 0 saturated heterocycles. The molecule has 1 fully saturated rings. The van der Waals surface area contributed by atoms with Crippen LogP contribution in [0.15, 0.2) is 70.5 Å². The van der Waals surface area contributed by atoms with Crippen molar-refractivity contribution in [2.75, 3.05) is 12.4 Å². The van der Waals surface area contributed by atoms with Gasteiger partial charge in [-0.05, 0) is 24.1 Å². The van der Waals surface area contributed by atoms with Gasteiger partial charge < -0.3 is 14.5 Å². The molecule has 0 radical (unpaired) electrons. The fourth-order valence-corrected chi connectivity index (χ4v) is 3.16. The molecule has 1 aliphatic rings. The summed E-state index contributed by atoms with van der Waals surface area (Å²) in [5.74, 6) is 2.06. The average Bonchev–Trinajstić information content (AvgIpc) is 3.27. The van der Waals surface area contributed by atoms with Gasteiger partial charge in [0.15, 0.2) is 18.3 Å². The zero-order valence-corrected chi connectivity index (χ0v) is 15.3. The molecule has 2 aromatic carbocycles. The average molecular weight is 373 g/mol. The summed E-state index contributed by atoms with van der Waals surface area (Å²) in [6.07, 6.45) is 5.92. The van der Waals surface area contributed by atoms with Crippen molar-refractivity contribution in [2.45, 2.75) is 18.4 Å². The Morgan fingerprint density at radius 3 is 2.86 bits per heavy atom. The van der Waals surface area contributed by atoms with Crippen molar-refractivity contribution in [1.82, 2.24) is 10.3 Å². The number of aliphatic imine (C=N–C) groups is 1. The largest absolute Gasteiger partial charge is 0.496 e. The summed E-state index contributed by atoms with van der Waals surface area (Å²) in [6, 6.07) is 16.0. The van der Waals surface area contributed by atoms with Crippen LogP contribution in [0, 0.1) is 11.5 Å². The number of oxazole rings is 1. The Labute approximate surface area is 162 Å². The van der Waals surface area contributed by atoms with E-state index in [0.717, 1.165) is 17.7 Å². The van der Waals surface area contributed by atoms with Crippen LogP contribution in [-0.4, -0.2) is 24.1 Å². The third-order valence-corrected chi connectivity index (χ3v) is 4.62. The molecule has 2 N–H and O–H groups in total. The molecule has 0 spiro atoms. The first-order valence-corrected chi connectivity index (χ1v) is 8.90. The number of aromatic nitrogens is 1. The van der Waals surface area contributed by atoms with Gasteiger partial charge in [0.2, 0.25) is 5.96 Å². The molecule has 7 nitrogen and oxygen atoms in total. The van der Waals surface area contributed by atoms with Gasteiger partial charge >= 0.3 is 0 Å². The Bertz CT molecular complexity index is 1010. The number of nitrogens with zero attached hydrogens (tertiary/aromatic N) is 3. The number of methoxy groups -OCH3 is 1. The lowest BCUT2D eigenvalue weighted by atomic mass is 10.1. The Morgan fingerprint density at radius 2 is 2.14 bits per heavy atom. The highest BCUT2D eigenvalue weighted by molar-refractivity contribution is 5.95. The first-order chi connectivity index (χ1) is 13.8. The molecule has 140 valence electrons. The number of hydrogen-bond donors (Lipinski definition) is 2. The normalized spacial score (nSPS) is 18.2. The second-order valence-electron chi connectivity index (χ2n) is 6.44. The minimum absolute atomic E-state index is 0.154. The van der Waals surface area contributed by atoms with Gasteiger partial charge in [0.1, 0.15) is 5.75 Å².